The molecule has 96 valence electrons. The van der Waals surface area contributed by atoms with E-state index in [1.807, 2.05) is 13.8 Å². The first-order valence-corrected chi connectivity index (χ1v) is 7.72. The minimum Gasteiger partial charge on any atom is -0.0683 e. The molecule has 0 bridgehead atoms. The Kier molecular flexibility index (Phi) is 5.86. The zero-order valence-corrected chi connectivity index (χ0v) is 12.0. The normalized spacial score (nSPS) is 28.7. The van der Waals surface area contributed by atoms with Gasteiger partial charge in [0.25, 0.3) is 0 Å². The smallest absolute Gasteiger partial charge is 0.0295 e. The van der Waals surface area contributed by atoms with Crippen LogP contribution in [-0.4, -0.2) is 0 Å². The zero-order chi connectivity index (χ0) is 12.0. The first kappa shape index (κ1) is 14.1. The molecule has 2 aliphatic rings. The molecule has 1 spiro atoms. The molecule has 0 heteroatoms. The summed E-state index contributed by atoms with van der Waals surface area (Å²) in [5.74, 6) is 1.97. The van der Waals surface area contributed by atoms with Crippen LogP contribution in [0.5, 0.6) is 0 Å². The van der Waals surface area contributed by atoms with Gasteiger partial charge in [0.05, 0.1) is 0 Å². The van der Waals surface area contributed by atoms with Crippen LogP contribution in [0.25, 0.3) is 0 Å². The van der Waals surface area contributed by atoms with Crippen molar-refractivity contribution in [1.29, 1.82) is 0 Å². The lowest BCUT2D eigenvalue weighted by Gasteiger charge is -2.45. The van der Waals surface area contributed by atoms with Gasteiger partial charge in [0, 0.05) is 0 Å². The molecular formula is C16H32. The van der Waals surface area contributed by atoms with Crippen molar-refractivity contribution in [2.24, 2.45) is 17.3 Å². The minimum absolute atomic E-state index is 0.811. The molecule has 0 aromatic carbocycles. The second-order valence-corrected chi connectivity index (χ2v) is 6.16. The van der Waals surface area contributed by atoms with Crippen LogP contribution in [0.15, 0.2) is 0 Å². The minimum atomic E-state index is 0.811. The first-order chi connectivity index (χ1) is 7.72. The highest BCUT2D eigenvalue weighted by Crippen LogP contribution is 2.50. The molecule has 0 saturated heterocycles. The monoisotopic (exact) mass is 224 g/mol. The van der Waals surface area contributed by atoms with Crippen LogP contribution in [0.4, 0.5) is 0 Å². The summed E-state index contributed by atoms with van der Waals surface area (Å²) in [7, 11) is 0. The molecule has 1 unspecified atom stereocenters. The van der Waals surface area contributed by atoms with Crippen molar-refractivity contribution >= 4 is 0 Å². The summed E-state index contributed by atoms with van der Waals surface area (Å²) in [6.45, 7) is 8.85. The van der Waals surface area contributed by atoms with Gasteiger partial charge >= 0.3 is 0 Å². The largest absolute Gasteiger partial charge is 0.0683 e. The van der Waals surface area contributed by atoms with E-state index in [1.165, 1.54) is 32.1 Å². The lowest BCUT2D eigenvalue weighted by molar-refractivity contribution is 0.0700. The molecule has 0 aromatic heterocycles. The summed E-state index contributed by atoms with van der Waals surface area (Å²) in [5, 5.41) is 0. The molecule has 0 aliphatic heterocycles. The van der Waals surface area contributed by atoms with E-state index in [0.29, 0.717) is 0 Å². The maximum absolute atomic E-state index is 2.42. The van der Waals surface area contributed by atoms with Crippen molar-refractivity contribution in [2.45, 2.75) is 85.5 Å². The van der Waals surface area contributed by atoms with Crippen molar-refractivity contribution in [3.8, 4) is 0 Å². The van der Waals surface area contributed by atoms with Crippen molar-refractivity contribution in [3.05, 3.63) is 0 Å². The number of hydrogen-bond donors (Lipinski definition) is 0. The molecule has 16 heavy (non-hydrogen) atoms. The molecular weight excluding hydrogens is 192 g/mol. The lowest BCUT2D eigenvalue weighted by atomic mass is 9.61. The summed E-state index contributed by atoms with van der Waals surface area (Å²) in [6, 6.07) is 0. The molecule has 0 radical (unpaired) electrons. The van der Waals surface area contributed by atoms with E-state index in [-0.39, 0.29) is 0 Å². The Balaban J connectivity index is 0.000000606. The highest BCUT2D eigenvalue weighted by atomic mass is 14.4. The fraction of sp³-hybridized carbons (Fsp3) is 1.00. The van der Waals surface area contributed by atoms with E-state index in [2.05, 4.69) is 13.8 Å². The summed E-state index contributed by atoms with van der Waals surface area (Å²) in [4.78, 5) is 0. The van der Waals surface area contributed by atoms with Gasteiger partial charge in [0.1, 0.15) is 0 Å². The summed E-state index contributed by atoms with van der Waals surface area (Å²) >= 11 is 0. The Morgan fingerprint density at radius 3 is 2.00 bits per heavy atom. The maximum atomic E-state index is 2.42. The number of hydrogen-bond acceptors (Lipinski definition) is 0. The molecule has 0 N–H and O–H groups in total. The Morgan fingerprint density at radius 1 is 0.875 bits per heavy atom. The van der Waals surface area contributed by atoms with E-state index in [4.69, 9.17) is 0 Å². The van der Waals surface area contributed by atoms with E-state index < -0.39 is 0 Å². The standard InChI is InChI=1S/C14H26.C2H6/c1-12(2)13-7-6-10-14(11-13)8-4-3-5-9-14;1-2/h12-13H,3-11H2,1-2H3;1-2H3. The van der Waals surface area contributed by atoms with Crippen molar-refractivity contribution < 1.29 is 0 Å². The first-order valence-electron chi connectivity index (χ1n) is 7.72. The molecule has 0 nitrogen and oxygen atoms in total. The van der Waals surface area contributed by atoms with Crippen LogP contribution >= 0.6 is 0 Å². The third kappa shape index (κ3) is 3.50. The second-order valence-electron chi connectivity index (χ2n) is 6.16. The molecule has 2 rings (SSSR count). The van der Waals surface area contributed by atoms with Crippen LogP contribution in [-0.2, 0) is 0 Å². The van der Waals surface area contributed by atoms with Gasteiger partial charge in [0.2, 0.25) is 0 Å². The Labute approximate surface area is 103 Å². The highest BCUT2D eigenvalue weighted by molar-refractivity contribution is 4.89. The number of rotatable bonds is 1. The van der Waals surface area contributed by atoms with E-state index in [9.17, 15) is 0 Å². The molecule has 2 aliphatic carbocycles. The summed E-state index contributed by atoms with van der Waals surface area (Å²) < 4.78 is 0. The molecule has 2 saturated carbocycles. The molecule has 2 fully saturated rings. The molecule has 0 aromatic rings. The van der Waals surface area contributed by atoms with Crippen LogP contribution in [0.1, 0.15) is 85.5 Å². The van der Waals surface area contributed by atoms with E-state index in [1.54, 1.807) is 25.7 Å². The van der Waals surface area contributed by atoms with Gasteiger partial charge in [-0.1, -0.05) is 59.8 Å². The second kappa shape index (κ2) is 6.67. The van der Waals surface area contributed by atoms with E-state index in [0.717, 1.165) is 17.3 Å². The van der Waals surface area contributed by atoms with Crippen molar-refractivity contribution in [3.63, 3.8) is 0 Å². The SMILES string of the molecule is CC.CC(C)C1CCCC2(CCCCC2)C1. The van der Waals surface area contributed by atoms with Gasteiger partial charge < -0.3 is 0 Å². The van der Waals surface area contributed by atoms with Crippen LogP contribution < -0.4 is 0 Å². The lowest BCUT2D eigenvalue weighted by Crippen LogP contribution is -2.32. The Bertz CT molecular complexity index is 169. The highest BCUT2D eigenvalue weighted by Gasteiger charge is 2.37. The van der Waals surface area contributed by atoms with Crippen LogP contribution in [0.3, 0.4) is 0 Å². The third-order valence-corrected chi connectivity index (χ3v) is 4.83. The van der Waals surface area contributed by atoms with Crippen molar-refractivity contribution in [1.82, 2.24) is 0 Å². The predicted molar refractivity (Wildman–Crippen MR) is 73.7 cm³/mol. The molecule has 0 heterocycles. The Hall–Kier alpha value is 0. The fourth-order valence-corrected chi connectivity index (χ4v) is 3.82. The van der Waals surface area contributed by atoms with Gasteiger partial charge in [0.15, 0.2) is 0 Å². The van der Waals surface area contributed by atoms with E-state index >= 15 is 0 Å². The molecule has 1 atom stereocenters. The average molecular weight is 224 g/mol. The summed E-state index contributed by atoms with van der Waals surface area (Å²) in [5.41, 5.74) is 0.811. The predicted octanol–water partition coefficient (Wildman–Crippen LogP) is 5.81. The Morgan fingerprint density at radius 2 is 1.44 bits per heavy atom. The average Bonchev–Trinajstić information content (AvgIpc) is 2.33. The zero-order valence-electron chi connectivity index (χ0n) is 12.0. The van der Waals surface area contributed by atoms with Crippen LogP contribution in [0, 0.1) is 17.3 Å². The van der Waals surface area contributed by atoms with Gasteiger partial charge in [-0.2, -0.15) is 0 Å². The molecule has 0 amide bonds. The fourth-order valence-electron chi connectivity index (χ4n) is 3.82. The van der Waals surface area contributed by atoms with Gasteiger partial charge in [-0.3, -0.25) is 0 Å². The van der Waals surface area contributed by atoms with Crippen molar-refractivity contribution in [2.75, 3.05) is 0 Å². The van der Waals surface area contributed by atoms with Gasteiger partial charge in [-0.05, 0) is 42.9 Å². The van der Waals surface area contributed by atoms with Crippen LogP contribution in [0.2, 0.25) is 0 Å². The topological polar surface area (TPSA) is 0 Å². The summed E-state index contributed by atoms with van der Waals surface area (Å²) in [6.07, 6.45) is 13.8. The van der Waals surface area contributed by atoms with Gasteiger partial charge in [-0.25, -0.2) is 0 Å². The third-order valence-electron chi connectivity index (χ3n) is 4.83. The quantitative estimate of drug-likeness (QED) is 0.527. The maximum Gasteiger partial charge on any atom is -0.0295 e. The van der Waals surface area contributed by atoms with Gasteiger partial charge in [-0.15, -0.1) is 0 Å².